The number of fused-ring (bicyclic) bond motifs is 3. The lowest BCUT2D eigenvalue weighted by atomic mass is 9.76. The Bertz CT molecular complexity index is 809. The van der Waals surface area contributed by atoms with Gasteiger partial charge in [-0.1, -0.05) is 24.6 Å². The SMILES string of the molecule is O=C(O)C(CNC(=O)N1CCn2c(cc3ccccc32)C1)C1CCC1. The Morgan fingerprint density at radius 2 is 2.04 bits per heavy atom. The van der Waals surface area contributed by atoms with Crippen molar-refractivity contribution in [1.29, 1.82) is 0 Å². The Hall–Kier alpha value is -2.50. The van der Waals surface area contributed by atoms with Gasteiger partial charge >= 0.3 is 12.0 Å². The fraction of sp³-hybridized carbons (Fsp3) is 0.474. The van der Waals surface area contributed by atoms with Gasteiger partial charge in [-0.25, -0.2) is 4.79 Å². The standard InChI is InChI=1S/C19H23N3O3/c23-18(24)16(13-5-3-6-13)11-20-19(25)21-8-9-22-15(12-21)10-14-4-1-2-7-17(14)22/h1-2,4,7,10,13,16H,3,5-6,8-9,11-12H2,(H,20,25)(H,23,24). The predicted octanol–water partition coefficient (Wildman–Crippen LogP) is 2.67. The van der Waals surface area contributed by atoms with Crippen LogP contribution in [0.4, 0.5) is 4.79 Å². The second kappa shape index (κ2) is 6.43. The van der Waals surface area contributed by atoms with Gasteiger partial charge in [0.2, 0.25) is 0 Å². The number of carboxylic acids is 1. The molecule has 1 aliphatic carbocycles. The summed E-state index contributed by atoms with van der Waals surface area (Å²) in [5, 5.41) is 13.4. The van der Waals surface area contributed by atoms with Crippen LogP contribution in [0.3, 0.4) is 0 Å². The smallest absolute Gasteiger partial charge is 0.317 e. The lowest BCUT2D eigenvalue weighted by Crippen LogP contribution is -2.47. The minimum Gasteiger partial charge on any atom is -0.481 e. The number of aliphatic carboxylic acids is 1. The van der Waals surface area contributed by atoms with E-state index in [0.29, 0.717) is 13.1 Å². The van der Waals surface area contributed by atoms with Crippen LogP contribution in [-0.2, 0) is 17.9 Å². The topological polar surface area (TPSA) is 74.6 Å². The Kier molecular flexibility index (Phi) is 4.11. The van der Waals surface area contributed by atoms with Crippen LogP contribution in [-0.4, -0.2) is 39.7 Å². The molecule has 25 heavy (non-hydrogen) atoms. The zero-order chi connectivity index (χ0) is 17.4. The first-order valence-corrected chi connectivity index (χ1v) is 8.96. The molecular weight excluding hydrogens is 318 g/mol. The van der Waals surface area contributed by atoms with Crippen molar-refractivity contribution in [1.82, 2.24) is 14.8 Å². The molecular formula is C19H23N3O3. The molecule has 0 spiro atoms. The zero-order valence-electron chi connectivity index (χ0n) is 14.1. The molecule has 2 amide bonds. The summed E-state index contributed by atoms with van der Waals surface area (Å²) in [6.07, 6.45) is 3.01. The first-order chi connectivity index (χ1) is 12.1. The average Bonchev–Trinajstić information content (AvgIpc) is 2.93. The Morgan fingerprint density at radius 1 is 1.24 bits per heavy atom. The second-order valence-electron chi connectivity index (χ2n) is 7.09. The van der Waals surface area contributed by atoms with E-state index in [2.05, 4.69) is 28.1 Å². The average molecular weight is 341 g/mol. The number of aromatic nitrogens is 1. The Labute approximate surface area is 146 Å². The van der Waals surface area contributed by atoms with Crippen LogP contribution < -0.4 is 5.32 Å². The highest BCUT2D eigenvalue weighted by molar-refractivity contribution is 5.82. The van der Waals surface area contributed by atoms with Gasteiger partial charge in [-0.3, -0.25) is 4.79 Å². The maximum absolute atomic E-state index is 12.5. The molecule has 6 heteroatoms. The second-order valence-corrected chi connectivity index (χ2v) is 7.09. The normalized spacial score (nSPS) is 18.5. The van der Waals surface area contributed by atoms with Crippen molar-refractivity contribution in [3.63, 3.8) is 0 Å². The number of hydrogen-bond donors (Lipinski definition) is 2. The highest BCUT2D eigenvalue weighted by Gasteiger charge is 2.33. The number of benzene rings is 1. The summed E-state index contributed by atoms with van der Waals surface area (Å²) >= 11 is 0. The summed E-state index contributed by atoms with van der Waals surface area (Å²) in [6.45, 7) is 2.18. The van der Waals surface area contributed by atoms with Crippen LogP contribution in [0.1, 0.15) is 25.0 Å². The fourth-order valence-corrected chi connectivity index (χ4v) is 3.94. The van der Waals surface area contributed by atoms with Crippen LogP contribution in [0.15, 0.2) is 30.3 Å². The minimum absolute atomic E-state index is 0.165. The molecule has 132 valence electrons. The number of para-hydroxylation sites is 1. The van der Waals surface area contributed by atoms with E-state index in [0.717, 1.165) is 31.5 Å². The van der Waals surface area contributed by atoms with Crippen LogP contribution in [0.5, 0.6) is 0 Å². The first-order valence-electron chi connectivity index (χ1n) is 8.96. The summed E-state index contributed by atoms with van der Waals surface area (Å²) < 4.78 is 2.26. The van der Waals surface area contributed by atoms with Crippen molar-refractivity contribution >= 4 is 22.9 Å². The van der Waals surface area contributed by atoms with Crippen LogP contribution in [0.2, 0.25) is 0 Å². The zero-order valence-corrected chi connectivity index (χ0v) is 14.1. The van der Waals surface area contributed by atoms with E-state index in [9.17, 15) is 14.7 Å². The third-order valence-corrected chi connectivity index (χ3v) is 5.64. The van der Waals surface area contributed by atoms with Crippen LogP contribution in [0, 0.1) is 11.8 Å². The van der Waals surface area contributed by atoms with Gasteiger partial charge in [0.25, 0.3) is 0 Å². The Balaban J connectivity index is 1.41. The van der Waals surface area contributed by atoms with Gasteiger partial charge in [-0.05, 0) is 36.3 Å². The number of rotatable bonds is 4. The lowest BCUT2D eigenvalue weighted by molar-refractivity contribution is -0.144. The molecule has 1 saturated carbocycles. The van der Waals surface area contributed by atoms with Crippen molar-refractivity contribution < 1.29 is 14.7 Å². The first kappa shape index (κ1) is 16.0. The quantitative estimate of drug-likeness (QED) is 0.898. The van der Waals surface area contributed by atoms with E-state index in [-0.39, 0.29) is 18.5 Å². The van der Waals surface area contributed by atoms with Gasteiger partial charge in [0, 0.05) is 30.8 Å². The summed E-state index contributed by atoms with van der Waals surface area (Å²) in [5.74, 6) is -1.06. The van der Waals surface area contributed by atoms with Gasteiger partial charge in [-0.2, -0.15) is 0 Å². The largest absolute Gasteiger partial charge is 0.481 e. The molecule has 1 atom stereocenters. The van der Waals surface area contributed by atoms with Gasteiger partial charge in [-0.15, -0.1) is 0 Å². The molecule has 6 nitrogen and oxygen atoms in total. The van der Waals surface area contributed by atoms with E-state index in [4.69, 9.17) is 0 Å². The third kappa shape index (κ3) is 2.97. The van der Waals surface area contributed by atoms with Crippen molar-refractivity contribution in [3.05, 3.63) is 36.0 Å². The van der Waals surface area contributed by atoms with Crippen molar-refractivity contribution in [3.8, 4) is 0 Å². The Morgan fingerprint density at radius 3 is 2.76 bits per heavy atom. The lowest BCUT2D eigenvalue weighted by Gasteiger charge is -2.33. The predicted molar refractivity (Wildman–Crippen MR) is 94.2 cm³/mol. The van der Waals surface area contributed by atoms with E-state index >= 15 is 0 Å². The van der Waals surface area contributed by atoms with Crippen molar-refractivity contribution in [2.24, 2.45) is 11.8 Å². The molecule has 0 bridgehead atoms. The van der Waals surface area contributed by atoms with E-state index in [1.165, 1.54) is 10.9 Å². The van der Waals surface area contributed by atoms with Crippen LogP contribution >= 0.6 is 0 Å². The van der Waals surface area contributed by atoms with E-state index in [1.54, 1.807) is 4.90 Å². The van der Waals surface area contributed by atoms with Crippen molar-refractivity contribution in [2.75, 3.05) is 13.1 Å². The molecule has 1 fully saturated rings. The van der Waals surface area contributed by atoms with E-state index in [1.807, 2.05) is 12.1 Å². The van der Waals surface area contributed by atoms with Gasteiger partial charge in [0.15, 0.2) is 0 Å². The minimum atomic E-state index is -0.802. The number of urea groups is 1. The van der Waals surface area contributed by atoms with Crippen molar-refractivity contribution in [2.45, 2.75) is 32.4 Å². The fourth-order valence-electron chi connectivity index (χ4n) is 3.94. The molecule has 1 aromatic heterocycles. The monoisotopic (exact) mass is 341 g/mol. The molecule has 0 saturated heterocycles. The van der Waals surface area contributed by atoms with Gasteiger partial charge in [0.05, 0.1) is 12.5 Å². The molecule has 1 aliphatic heterocycles. The van der Waals surface area contributed by atoms with Gasteiger partial charge < -0.3 is 19.9 Å². The number of carboxylic acid groups (broad SMARTS) is 1. The molecule has 1 aromatic carbocycles. The number of carbonyl (C=O) groups is 2. The number of amides is 2. The molecule has 2 aromatic rings. The third-order valence-electron chi connectivity index (χ3n) is 5.64. The molecule has 4 rings (SSSR count). The maximum atomic E-state index is 12.5. The number of nitrogens with zero attached hydrogens (tertiary/aromatic N) is 2. The van der Waals surface area contributed by atoms with Crippen LogP contribution in [0.25, 0.3) is 10.9 Å². The van der Waals surface area contributed by atoms with E-state index < -0.39 is 11.9 Å². The molecule has 0 radical (unpaired) electrons. The van der Waals surface area contributed by atoms with Gasteiger partial charge in [0.1, 0.15) is 0 Å². The summed E-state index contributed by atoms with van der Waals surface area (Å²) in [5.41, 5.74) is 2.32. The molecule has 2 heterocycles. The number of nitrogens with one attached hydrogen (secondary N) is 1. The maximum Gasteiger partial charge on any atom is 0.317 e. The molecule has 1 unspecified atom stereocenters. The summed E-state index contributed by atoms with van der Waals surface area (Å²) in [7, 11) is 0. The number of hydrogen-bond acceptors (Lipinski definition) is 2. The molecule has 2 N–H and O–H groups in total. The highest BCUT2D eigenvalue weighted by Crippen LogP contribution is 2.33. The molecule has 2 aliphatic rings. The highest BCUT2D eigenvalue weighted by atomic mass is 16.4. The summed E-state index contributed by atoms with van der Waals surface area (Å²) in [4.78, 5) is 25.7. The summed E-state index contributed by atoms with van der Waals surface area (Å²) in [6, 6.07) is 10.2. The number of carbonyl (C=O) groups excluding carboxylic acids is 1.